The molecule has 4 rings (SSSR count). The number of ether oxygens (including phenoxy) is 3. The molecular formula is C24H30N2O4. The Morgan fingerprint density at radius 3 is 2.50 bits per heavy atom. The minimum Gasteiger partial charge on any atom is -0.492 e. The van der Waals surface area contributed by atoms with Gasteiger partial charge in [0.2, 0.25) is 0 Å². The number of fused-ring (bicyclic) bond motifs is 1. The Balaban J connectivity index is 1.33. The van der Waals surface area contributed by atoms with Crippen LogP contribution in [0, 0.1) is 0 Å². The van der Waals surface area contributed by atoms with Gasteiger partial charge in [0, 0.05) is 38.2 Å². The minimum absolute atomic E-state index is 0.00241. The van der Waals surface area contributed by atoms with Crippen LogP contribution in [0.1, 0.15) is 26.3 Å². The summed E-state index contributed by atoms with van der Waals surface area (Å²) in [7, 11) is 0. The van der Waals surface area contributed by atoms with Crippen molar-refractivity contribution in [2.75, 3.05) is 44.3 Å². The number of amides is 1. The van der Waals surface area contributed by atoms with Gasteiger partial charge < -0.3 is 24.0 Å². The van der Waals surface area contributed by atoms with E-state index >= 15 is 0 Å². The number of piperazine rings is 1. The van der Waals surface area contributed by atoms with Crippen LogP contribution < -0.4 is 19.1 Å². The maximum absolute atomic E-state index is 12.7. The highest BCUT2D eigenvalue weighted by Gasteiger charge is 2.32. The molecule has 6 nitrogen and oxygen atoms in total. The zero-order valence-electron chi connectivity index (χ0n) is 18.0. The molecule has 0 aromatic heterocycles. The summed E-state index contributed by atoms with van der Waals surface area (Å²) in [5.74, 6) is 2.31. The summed E-state index contributed by atoms with van der Waals surface area (Å²) in [6.07, 6.45) is 0.846. The van der Waals surface area contributed by atoms with Crippen molar-refractivity contribution in [3.05, 3.63) is 48.0 Å². The van der Waals surface area contributed by atoms with Crippen LogP contribution in [-0.2, 0) is 11.2 Å². The molecule has 0 bridgehead atoms. The molecule has 0 aliphatic carbocycles. The van der Waals surface area contributed by atoms with E-state index in [4.69, 9.17) is 14.2 Å². The van der Waals surface area contributed by atoms with E-state index in [-0.39, 0.29) is 18.1 Å². The monoisotopic (exact) mass is 410 g/mol. The summed E-state index contributed by atoms with van der Waals surface area (Å²) in [5.41, 5.74) is 1.98. The number of carbonyl (C=O) groups excluding carboxylic acids is 1. The molecule has 2 heterocycles. The highest BCUT2D eigenvalue weighted by molar-refractivity contribution is 5.78. The molecule has 0 atom stereocenters. The third kappa shape index (κ3) is 4.32. The van der Waals surface area contributed by atoms with Gasteiger partial charge in [-0.15, -0.1) is 0 Å². The molecule has 1 amide bonds. The molecule has 160 valence electrons. The van der Waals surface area contributed by atoms with Crippen LogP contribution >= 0.6 is 0 Å². The fraction of sp³-hybridized carbons (Fsp3) is 0.458. The lowest BCUT2D eigenvalue weighted by molar-refractivity contribution is -0.133. The van der Waals surface area contributed by atoms with Gasteiger partial charge in [0.25, 0.3) is 5.91 Å². The first kappa shape index (κ1) is 20.4. The van der Waals surface area contributed by atoms with E-state index in [1.165, 1.54) is 0 Å². The van der Waals surface area contributed by atoms with E-state index in [0.717, 1.165) is 42.3 Å². The van der Waals surface area contributed by atoms with Crippen LogP contribution in [0.15, 0.2) is 42.5 Å². The van der Waals surface area contributed by atoms with Crippen LogP contribution in [0.5, 0.6) is 17.2 Å². The van der Waals surface area contributed by atoms with Crippen molar-refractivity contribution in [3.63, 3.8) is 0 Å². The Morgan fingerprint density at radius 1 is 1.00 bits per heavy atom. The van der Waals surface area contributed by atoms with Gasteiger partial charge in [-0.2, -0.15) is 0 Å². The average Bonchev–Trinajstić information content (AvgIpc) is 3.07. The van der Waals surface area contributed by atoms with Gasteiger partial charge in [-0.25, -0.2) is 0 Å². The van der Waals surface area contributed by atoms with Crippen molar-refractivity contribution in [1.29, 1.82) is 0 Å². The summed E-state index contributed by atoms with van der Waals surface area (Å²) in [6.45, 7) is 9.64. The summed E-state index contributed by atoms with van der Waals surface area (Å²) in [6, 6.07) is 13.9. The third-order valence-electron chi connectivity index (χ3n) is 5.54. The minimum atomic E-state index is -0.236. The van der Waals surface area contributed by atoms with Crippen molar-refractivity contribution in [2.45, 2.75) is 32.8 Å². The molecule has 2 aromatic carbocycles. The van der Waals surface area contributed by atoms with E-state index in [0.29, 0.717) is 25.4 Å². The number of hydrogen-bond acceptors (Lipinski definition) is 5. The molecular weight excluding hydrogens is 380 g/mol. The largest absolute Gasteiger partial charge is 0.492 e. The molecule has 0 unspecified atom stereocenters. The molecule has 2 aromatic rings. The van der Waals surface area contributed by atoms with Crippen LogP contribution in [0.3, 0.4) is 0 Å². The predicted molar refractivity (Wildman–Crippen MR) is 117 cm³/mol. The first-order chi connectivity index (χ1) is 14.5. The molecule has 0 N–H and O–H groups in total. The van der Waals surface area contributed by atoms with Crippen molar-refractivity contribution in [2.24, 2.45) is 0 Å². The Bertz CT molecular complexity index is 904. The van der Waals surface area contributed by atoms with Gasteiger partial charge in [0.05, 0.1) is 12.3 Å². The van der Waals surface area contributed by atoms with E-state index in [2.05, 4.69) is 30.9 Å². The topological polar surface area (TPSA) is 51.2 Å². The lowest BCUT2D eigenvalue weighted by atomic mass is 10.0. The van der Waals surface area contributed by atoms with E-state index in [9.17, 15) is 4.79 Å². The summed E-state index contributed by atoms with van der Waals surface area (Å²) < 4.78 is 17.6. The van der Waals surface area contributed by atoms with E-state index in [1.807, 2.05) is 42.2 Å². The molecule has 0 spiro atoms. The van der Waals surface area contributed by atoms with Crippen LogP contribution in [0.2, 0.25) is 0 Å². The summed E-state index contributed by atoms with van der Waals surface area (Å²) >= 11 is 0. The van der Waals surface area contributed by atoms with Crippen molar-refractivity contribution in [1.82, 2.24) is 4.90 Å². The smallest absolute Gasteiger partial charge is 0.260 e. The van der Waals surface area contributed by atoms with Gasteiger partial charge in [-0.05, 0) is 39.0 Å². The fourth-order valence-electron chi connectivity index (χ4n) is 4.12. The Kier molecular flexibility index (Phi) is 5.75. The Morgan fingerprint density at radius 2 is 1.73 bits per heavy atom. The zero-order valence-corrected chi connectivity index (χ0v) is 18.0. The SMILES string of the molecule is CCOc1ccccc1N1CCN(C(=O)COc2cccc3c2OC(C)(C)C3)CC1. The average molecular weight is 411 g/mol. The second kappa shape index (κ2) is 8.46. The zero-order chi connectivity index (χ0) is 21.1. The van der Waals surface area contributed by atoms with Crippen LogP contribution in [-0.4, -0.2) is 55.8 Å². The van der Waals surface area contributed by atoms with E-state index in [1.54, 1.807) is 0 Å². The van der Waals surface area contributed by atoms with Gasteiger partial charge in [0.1, 0.15) is 11.4 Å². The quantitative estimate of drug-likeness (QED) is 0.729. The van der Waals surface area contributed by atoms with Gasteiger partial charge in [-0.3, -0.25) is 4.79 Å². The molecule has 2 aliphatic rings. The number of anilines is 1. The molecule has 1 saturated heterocycles. The Hall–Kier alpha value is -2.89. The number of para-hydroxylation sites is 3. The van der Waals surface area contributed by atoms with Gasteiger partial charge in [0.15, 0.2) is 18.1 Å². The highest BCUT2D eigenvalue weighted by Crippen LogP contribution is 2.41. The number of hydrogen-bond donors (Lipinski definition) is 0. The molecule has 30 heavy (non-hydrogen) atoms. The van der Waals surface area contributed by atoms with Crippen LogP contribution in [0.4, 0.5) is 5.69 Å². The maximum atomic E-state index is 12.7. The fourth-order valence-corrected chi connectivity index (χ4v) is 4.12. The molecule has 2 aliphatic heterocycles. The number of benzene rings is 2. The predicted octanol–water partition coefficient (Wildman–Crippen LogP) is 3.53. The van der Waals surface area contributed by atoms with Crippen molar-refractivity contribution >= 4 is 11.6 Å². The van der Waals surface area contributed by atoms with Crippen LogP contribution in [0.25, 0.3) is 0 Å². The maximum Gasteiger partial charge on any atom is 0.260 e. The standard InChI is InChI=1S/C24H30N2O4/c1-4-28-20-10-6-5-9-19(20)25-12-14-26(15-13-25)22(27)17-29-21-11-7-8-18-16-24(2,3)30-23(18)21/h5-11H,4,12-17H2,1-3H3. The molecule has 1 fully saturated rings. The van der Waals surface area contributed by atoms with E-state index < -0.39 is 0 Å². The summed E-state index contributed by atoms with van der Waals surface area (Å²) in [4.78, 5) is 16.9. The second-order valence-electron chi connectivity index (χ2n) is 8.34. The number of rotatable bonds is 6. The number of carbonyl (C=O) groups is 1. The van der Waals surface area contributed by atoms with Crippen molar-refractivity contribution in [3.8, 4) is 17.2 Å². The Labute approximate surface area is 178 Å². The van der Waals surface area contributed by atoms with Gasteiger partial charge >= 0.3 is 0 Å². The normalized spacial score (nSPS) is 17.3. The molecule has 0 saturated carbocycles. The second-order valence-corrected chi connectivity index (χ2v) is 8.34. The lowest BCUT2D eigenvalue weighted by Gasteiger charge is -2.36. The molecule has 6 heteroatoms. The first-order valence-electron chi connectivity index (χ1n) is 10.6. The number of nitrogens with zero attached hydrogens (tertiary/aromatic N) is 2. The van der Waals surface area contributed by atoms with Gasteiger partial charge in [-0.1, -0.05) is 24.3 Å². The lowest BCUT2D eigenvalue weighted by Crippen LogP contribution is -2.50. The third-order valence-corrected chi connectivity index (χ3v) is 5.54. The van der Waals surface area contributed by atoms with Crippen molar-refractivity contribution < 1.29 is 19.0 Å². The molecule has 0 radical (unpaired) electrons. The first-order valence-corrected chi connectivity index (χ1v) is 10.6. The highest BCUT2D eigenvalue weighted by atomic mass is 16.5. The summed E-state index contributed by atoms with van der Waals surface area (Å²) in [5, 5.41) is 0.